The largest absolute Gasteiger partial charge is 0.385 e. The van der Waals surface area contributed by atoms with Crippen molar-refractivity contribution < 1.29 is 4.79 Å². The van der Waals surface area contributed by atoms with Gasteiger partial charge in [0.25, 0.3) is 0 Å². The van der Waals surface area contributed by atoms with Crippen LogP contribution in [0.5, 0.6) is 0 Å². The van der Waals surface area contributed by atoms with Crippen molar-refractivity contribution in [2.45, 2.75) is 51.5 Å². The summed E-state index contributed by atoms with van der Waals surface area (Å²) in [5.41, 5.74) is 5.69. The number of amides is 2. The van der Waals surface area contributed by atoms with Gasteiger partial charge in [0.05, 0.1) is 6.04 Å². The van der Waals surface area contributed by atoms with Crippen molar-refractivity contribution in [1.82, 2.24) is 4.90 Å². The van der Waals surface area contributed by atoms with E-state index in [0.29, 0.717) is 5.84 Å². The molecule has 0 aromatic heterocycles. The Morgan fingerprint density at radius 1 is 1.33 bits per heavy atom. The molecule has 15 heavy (non-hydrogen) atoms. The molecule has 0 saturated carbocycles. The Labute approximate surface area is 91.5 Å². The summed E-state index contributed by atoms with van der Waals surface area (Å²) in [6.07, 6.45) is 7.12. The highest BCUT2D eigenvalue weighted by molar-refractivity contribution is 6.02. The van der Waals surface area contributed by atoms with Crippen molar-refractivity contribution in [1.29, 1.82) is 0 Å². The predicted octanol–water partition coefficient (Wildman–Crippen LogP) is 2.14. The van der Waals surface area contributed by atoms with Gasteiger partial charge >= 0.3 is 6.03 Å². The minimum absolute atomic E-state index is 0.0409. The molecule has 0 aromatic rings. The van der Waals surface area contributed by atoms with Crippen LogP contribution in [0.1, 0.15) is 45.4 Å². The van der Waals surface area contributed by atoms with E-state index >= 15 is 0 Å². The van der Waals surface area contributed by atoms with Gasteiger partial charge in [-0.3, -0.25) is 0 Å². The highest BCUT2D eigenvalue weighted by Gasteiger charge is 2.29. The molecule has 0 spiro atoms. The van der Waals surface area contributed by atoms with E-state index in [1.165, 1.54) is 25.7 Å². The molecule has 2 N–H and O–H groups in total. The Morgan fingerprint density at radius 3 is 2.53 bits per heavy atom. The number of hydrogen-bond acceptors (Lipinski definition) is 2. The summed E-state index contributed by atoms with van der Waals surface area (Å²) >= 11 is 0. The number of amidine groups is 1. The van der Waals surface area contributed by atoms with Crippen molar-refractivity contribution in [2.75, 3.05) is 7.05 Å². The number of rotatable bonds is 6. The molecule has 4 heteroatoms. The van der Waals surface area contributed by atoms with Gasteiger partial charge in [0.15, 0.2) is 0 Å². The summed E-state index contributed by atoms with van der Waals surface area (Å²) in [4.78, 5) is 16.6. The van der Waals surface area contributed by atoms with Gasteiger partial charge in [-0.1, -0.05) is 39.0 Å². The molecule has 1 aliphatic rings. The summed E-state index contributed by atoms with van der Waals surface area (Å²) in [6.45, 7) is 2.20. The molecule has 1 heterocycles. The number of urea groups is 1. The minimum atomic E-state index is -0.203. The predicted molar refractivity (Wildman–Crippen MR) is 61.9 cm³/mol. The topological polar surface area (TPSA) is 58.7 Å². The number of nitrogens with zero attached hydrogens (tertiary/aromatic N) is 2. The Hall–Kier alpha value is -1.06. The highest BCUT2D eigenvalue weighted by atomic mass is 16.2. The highest BCUT2D eigenvalue weighted by Crippen LogP contribution is 2.15. The van der Waals surface area contributed by atoms with Crippen LogP contribution in [0.15, 0.2) is 4.99 Å². The first kappa shape index (κ1) is 12.0. The van der Waals surface area contributed by atoms with E-state index in [1.54, 1.807) is 11.9 Å². The second kappa shape index (κ2) is 5.73. The van der Waals surface area contributed by atoms with Crippen molar-refractivity contribution >= 4 is 11.9 Å². The first-order valence-electron chi connectivity index (χ1n) is 5.77. The average molecular weight is 211 g/mol. The Kier molecular flexibility index (Phi) is 4.59. The molecule has 0 saturated heterocycles. The van der Waals surface area contributed by atoms with Crippen LogP contribution < -0.4 is 5.73 Å². The van der Waals surface area contributed by atoms with Crippen LogP contribution in [0, 0.1) is 0 Å². The van der Waals surface area contributed by atoms with Gasteiger partial charge in [-0.15, -0.1) is 0 Å². The molecule has 0 aliphatic carbocycles. The van der Waals surface area contributed by atoms with Gasteiger partial charge in [0.1, 0.15) is 5.84 Å². The molecule has 0 aromatic carbocycles. The molecule has 1 rings (SSSR count). The van der Waals surface area contributed by atoms with Crippen molar-refractivity contribution in [3.63, 3.8) is 0 Å². The van der Waals surface area contributed by atoms with E-state index in [9.17, 15) is 4.79 Å². The van der Waals surface area contributed by atoms with Crippen LogP contribution in [-0.4, -0.2) is 29.9 Å². The minimum Gasteiger partial charge on any atom is -0.385 e. The van der Waals surface area contributed by atoms with Gasteiger partial charge in [-0.2, -0.15) is 4.99 Å². The molecule has 2 amide bonds. The molecule has 1 aliphatic heterocycles. The number of likely N-dealkylation sites (N-methyl/N-ethyl adjacent to an activating group) is 1. The molecule has 1 unspecified atom stereocenters. The Morgan fingerprint density at radius 2 is 2.00 bits per heavy atom. The fourth-order valence-electron chi connectivity index (χ4n) is 1.88. The maximum atomic E-state index is 11.2. The zero-order valence-electron chi connectivity index (χ0n) is 9.70. The Bertz CT molecular complexity index is 250. The van der Waals surface area contributed by atoms with E-state index in [1.807, 2.05) is 0 Å². The van der Waals surface area contributed by atoms with Crippen LogP contribution in [0.25, 0.3) is 0 Å². The fraction of sp³-hybridized carbons (Fsp3) is 0.818. The third-order valence-electron chi connectivity index (χ3n) is 2.92. The second-order valence-electron chi connectivity index (χ2n) is 4.15. The van der Waals surface area contributed by atoms with E-state index in [2.05, 4.69) is 11.9 Å². The summed E-state index contributed by atoms with van der Waals surface area (Å²) in [7, 11) is 1.77. The summed E-state index contributed by atoms with van der Waals surface area (Å²) < 4.78 is 0. The van der Waals surface area contributed by atoms with Crippen LogP contribution in [0.2, 0.25) is 0 Å². The first-order valence-corrected chi connectivity index (χ1v) is 5.77. The van der Waals surface area contributed by atoms with Crippen LogP contribution in [-0.2, 0) is 0 Å². The van der Waals surface area contributed by atoms with Gasteiger partial charge in [0, 0.05) is 7.05 Å². The van der Waals surface area contributed by atoms with E-state index in [0.717, 1.165) is 12.8 Å². The van der Waals surface area contributed by atoms with E-state index in [-0.39, 0.29) is 12.1 Å². The summed E-state index contributed by atoms with van der Waals surface area (Å²) in [5.74, 6) is 0.484. The maximum absolute atomic E-state index is 11.2. The third kappa shape index (κ3) is 3.22. The molecular weight excluding hydrogens is 190 g/mol. The lowest BCUT2D eigenvalue weighted by molar-refractivity contribution is 0.216. The number of carbonyl (C=O) groups is 1. The quantitative estimate of drug-likeness (QED) is 0.684. The van der Waals surface area contributed by atoms with Gasteiger partial charge < -0.3 is 10.6 Å². The molecule has 1 atom stereocenters. The molecule has 4 nitrogen and oxygen atoms in total. The molecule has 86 valence electrons. The van der Waals surface area contributed by atoms with Crippen molar-refractivity contribution in [3.05, 3.63) is 0 Å². The van der Waals surface area contributed by atoms with Gasteiger partial charge in [-0.25, -0.2) is 4.79 Å². The normalized spacial score (nSPS) is 20.9. The van der Waals surface area contributed by atoms with Crippen LogP contribution in [0.3, 0.4) is 0 Å². The Balaban J connectivity index is 2.21. The smallest absolute Gasteiger partial charge is 0.345 e. The summed E-state index contributed by atoms with van der Waals surface area (Å²) in [6, 6.07) is -0.162. The van der Waals surface area contributed by atoms with Crippen molar-refractivity contribution in [3.8, 4) is 0 Å². The number of nitrogens with two attached hydrogens (primary N) is 1. The number of aliphatic imine (C=N–C) groups is 1. The number of unbranched alkanes of at least 4 members (excludes halogenated alkanes) is 4. The first-order chi connectivity index (χ1) is 7.16. The molecule has 0 fully saturated rings. The fourth-order valence-corrected chi connectivity index (χ4v) is 1.88. The maximum Gasteiger partial charge on any atom is 0.345 e. The second-order valence-corrected chi connectivity index (χ2v) is 4.15. The van der Waals surface area contributed by atoms with E-state index < -0.39 is 0 Å². The number of hydrogen-bond donors (Lipinski definition) is 1. The third-order valence-corrected chi connectivity index (χ3v) is 2.92. The number of carbonyl (C=O) groups excluding carboxylic acids is 1. The standard InChI is InChI=1S/C11H21N3O/c1-3-4-5-6-7-8-9-10(12)13-11(15)14(9)2/h9H,3-8H2,1-2H3,(H2,12,13,15). The lowest BCUT2D eigenvalue weighted by Crippen LogP contribution is -2.37. The monoisotopic (exact) mass is 211 g/mol. The SMILES string of the molecule is CCCCCCCC1C(N)=NC(=O)N1C. The molecule has 0 bridgehead atoms. The molecule has 0 radical (unpaired) electrons. The lowest BCUT2D eigenvalue weighted by atomic mass is 10.1. The van der Waals surface area contributed by atoms with Crippen LogP contribution >= 0.6 is 0 Å². The van der Waals surface area contributed by atoms with Crippen LogP contribution in [0.4, 0.5) is 4.79 Å². The summed E-state index contributed by atoms with van der Waals surface area (Å²) in [5, 5.41) is 0. The van der Waals surface area contributed by atoms with Crippen molar-refractivity contribution in [2.24, 2.45) is 10.7 Å². The van der Waals surface area contributed by atoms with E-state index in [4.69, 9.17) is 5.73 Å². The van der Waals surface area contributed by atoms with Gasteiger partial charge in [-0.05, 0) is 6.42 Å². The van der Waals surface area contributed by atoms with Gasteiger partial charge in [0.2, 0.25) is 0 Å². The molecular formula is C11H21N3O. The average Bonchev–Trinajstić information content (AvgIpc) is 2.44. The zero-order chi connectivity index (χ0) is 11.3. The zero-order valence-corrected chi connectivity index (χ0v) is 9.70. The lowest BCUT2D eigenvalue weighted by Gasteiger charge is -2.18.